The quantitative estimate of drug-likeness (QED) is 0.394. The normalized spacial score (nSPS) is 11.5. The molecule has 0 aliphatic heterocycles. The van der Waals surface area contributed by atoms with Crippen molar-refractivity contribution in [3.05, 3.63) is 71.0 Å². The first kappa shape index (κ1) is 20.7. The van der Waals surface area contributed by atoms with Crippen LogP contribution in [0, 0.1) is 24.1 Å². The minimum absolute atomic E-state index is 0.00728. The topological polar surface area (TPSA) is 99.5 Å². The lowest BCUT2D eigenvalue weighted by atomic mass is 10.1. The zero-order chi connectivity index (χ0) is 21.9. The second kappa shape index (κ2) is 8.16. The van der Waals surface area contributed by atoms with Crippen molar-refractivity contribution in [1.82, 2.24) is 4.98 Å². The Morgan fingerprint density at radius 2 is 1.70 bits per heavy atom. The number of aromatic nitrogens is 1. The monoisotopic (exact) mass is 414 g/mol. The lowest BCUT2D eigenvalue weighted by Gasteiger charge is -2.13. The Hall–Kier alpha value is -4.00. The molecule has 0 unspecified atom stereocenters. The van der Waals surface area contributed by atoms with Crippen molar-refractivity contribution < 1.29 is 17.6 Å². The van der Waals surface area contributed by atoms with Gasteiger partial charge < -0.3 is 11.1 Å². The molecule has 0 bridgehead atoms. The second-order valence-electron chi connectivity index (χ2n) is 6.13. The molecule has 3 N–H and O–H groups in total. The standard InChI is InChI=1S/C20H14F4N6/c1-11-13(10-25)18(26)28-19(27-12-6-3-2-4-7-12)16(11)29-30-17-14(20(22,23)24)8-5-9-15(17)21/h2-9H,1H3,(H3,26,27,28)/b30-29+. The van der Waals surface area contributed by atoms with Crippen LogP contribution < -0.4 is 11.1 Å². The molecule has 2 aromatic carbocycles. The third-order valence-corrected chi connectivity index (χ3v) is 4.13. The van der Waals surface area contributed by atoms with Gasteiger partial charge in [0.25, 0.3) is 0 Å². The molecular formula is C20H14F4N6. The number of benzene rings is 2. The smallest absolute Gasteiger partial charge is 0.383 e. The second-order valence-corrected chi connectivity index (χ2v) is 6.13. The molecule has 0 saturated carbocycles. The highest BCUT2D eigenvalue weighted by molar-refractivity contribution is 5.76. The number of para-hydroxylation sites is 1. The molecule has 1 aromatic heterocycles. The third kappa shape index (κ3) is 4.20. The number of hydrogen-bond donors (Lipinski definition) is 2. The molecule has 3 rings (SSSR count). The summed E-state index contributed by atoms with van der Waals surface area (Å²) in [6.07, 6.45) is -4.83. The SMILES string of the molecule is Cc1c(C#N)c(N)nc(Nc2ccccc2)c1/N=N/c1c(F)cccc1C(F)(F)F. The Morgan fingerprint density at radius 1 is 1.03 bits per heavy atom. The van der Waals surface area contributed by atoms with Crippen molar-refractivity contribution in [3.8, 4) is 6.07 Å². The van der Waals surface area contributed by atoms with E-state index >= 15 is 0 Å². The number of nitriles is 1. The fourth-order valence-electron chi connectivity index (χ4n) is 2.67. The molecule has 3 aromatic rings. The number of alkyl halides is 3. The maximum absolute atomic E-state index is 14.1. The Kier molecular flexibility index (Phi) is 5.64. The van der Waals surface area contributed by atoms with Crippen molar-refractivity contribution in [3.63, 3.8) is 0 Å². The highest BCUT2D eigenvalue weighted by atomic mass is 19.4. The van der Waals surface area contributed by atoms with Gasteiger partial charge >= 0.3 is 6.18 Å². The third-order valence-electron chi connectivity index (χ3n) is 4.13. The van der Waals surface area contributed by atoms with Crippen molar-refractivity contribution in [1.29, 1.82) is 5.26 Å². The molecule has 0 saturated heterocycles. The van der Waals surface area contributed by atoms with Crippen LogP contribution in [-0.2, 0) is 6.18 Å². The summed E-state index contributed by atoms with van der Waals surface area (Å²) in [5, 5.41) is 19.6. The number of hydrogen-bond acceptors (Lipinski definition) is 6. The summed E-state index contributed by atoms with van der Waals surface area (Å²) >= 11 is 0. The van der Waals surface area contributed by atoms with Crippen molar-refractivity contribution in [2.45, 2.75) is 13.1 Å². The summed E-state index contributed by atoms with van der Waals surface area (Å²) in [6, 6.07) is 13.1. The number of rotatable bonds is 4. The van der Waals surface area contributed by atoms with Crippen LogP contribution in [0.2, 0.25) is 0 Å². The van der Waals surface area contributed by atoms with Gasteiger partial charge in [0, 0.05) is 11.3 Å². The predicted molar refractivity (Wildman–Crippen MR) is 103 cm³/mol. The van der Waals surface area contributed by atoms with E-state index in [4.69, 9.17) is 5.73 Å². The summed E-state index contributed by atoms with van der Waals surface area (Å²) in [7, 11) is 0. The lowest BCUT2D eigenvalue weighted by Crippen LogP contribution is -2.06. The minimum atomic E-state index is -4.83. The minimum Gasteiger partial charge on any atom is -0.383 e. The molecule has 152 valence electrons. The van der Waals surface area contributed by atoms with Gasteiger partial charge in [0.1, 0.15) is 23.3 Å². The average molecular weight is 414 g/mol. The summed E-state index contributed by atoms with van der Waals surface area (Å²) < 4.78 is 53.7. The molecule has 0 amide bonds. The van der Waals surface area contributed by atoms with E-state index in [2.05, 4.69) is 20.5 Å². The predicted octanol–water partition coefficient (Wildman–Crippen LogP) is 6.16. The van der Waals surface area contributed by atoms with Gasteiger partial charge in [-0.25, -0.2) is 9.37 Å². The van der Waals surface area contributed by atoms with Gasteiger partial charge in [-0.15, -0.1) is 10.2 Å². The van der Waals surface area contributed by atoms with Crippen LogP contribution in [0.15, 0.2) is 58.8 Å². The van der Waals surface area contributed by atoms with Gasteiger partial charge in [0.05, 0.1) is 11.1 Å². The van der Waals surface area contributed by atoms with Gasteiger partial charge in [-0.1, -0.05) is 24.3 Å². The molecule has 0 atom stereocenters. The van der Waals surface area contributed by atoms with E-state index in [1.165, 1.54) is 6.92 Å². The van der Waals surface area contributed by atoms with Crippen LogP contribution >= 0.6 is 0 Å². The van der Waals surface area contributed by atoms with Crippen molar-refractivity contribution in [2.24, 2.45) is 10.2 Å². The first-order valence-corrected chi connectivity index (χ1v) is 8.52. The van der Waals surface area contributed by atoms with E-state index in [-0.39, 0.29) is 28.5 Å². The fraction of sp³-hybridized carbons (Fsp3) is 0.100. The first-order chi connectivity index (χ1) is 14.2. The summed E-state index contributed by atoms with van der Waals surface area (Å²) in [5.74, 6) is -1.22. The summed E-state index contributed by atoms with van der Waals surface area (Å²) in [5.41, 5.74) is 4.35. The Labute approximate surface area is 168 Å². The Morgan fingerprint density at radius 3 is 2.33 bits per heavy atom. The first-order valence-electron chi connectivity index (χ1n) is 8.52. The number of anilines is 3. The molecule has 0 aliphatic rings. The van der Waals surface area contributed by atoms with E-state index in [1.54, 1.807) is 30.3 Å². The molecule has 0 fully saturated rings. The molecule has 30 heavy (non-hydrogen) atoms. The molecule has 0 radical (unpaired) electrons. The molecular weight excluding hydrogens is 400 g/mol. The van der Waals surface area contributed by atoms with Crippen LogP contribution in [0.4, 0.5) is 46.3 Å². The van der Waals surface area contributed by atoms with Crippen LogP contribution in [0.5, 0.6) is 0 Å². The highest BCUT2D eigenvalue weighted by Gasteiger charge is 2.35. The number of nitrogens with one attached hydrogen (secondary N) is 1. The van der Waals surface area contributed by atoms with Gasteiger partial charge in [-0.3, -0.25) is 0 Å². The van der Waals surface area contributed by atoms with E-state index in [0.29, 0.717) is 11.8 Å². The van der Waals surface area contributed by atoms with E-state index in [0.717, 1.165) is 12.1 Å². The summed E-state index contributed by atoms with van der Waals surface area (Å²) in [6.45, 7) is 1.49. The van der Waals surface area contributed by atoms with Crippen molar-refractivity contribution >= 4 is 28.7 Å². The number of azo groups is 1. The largest absolute Gasteiger partial charge is 0.418 e. The zero-order valence-corrected chi connectivity index (χ0v) is 15.5. The van der Waals surface area contributed by atoms with Crippen LogP contribution in [0.3, 0.4) is 0 Å². The number of nitrogens with two attached hydrogens (primary N) is 1. The highest BCUT2D eigenvalue weighted by Crippen LogP contribution is 2.40. The van der Waals surface area contributed by atoms with Gasteiger partial charge in [-0.2, -0.15) is 18.4 Å². The van der Waals surface area contributed by atoms with E-state index < -0.39 is 23.2 Å². The van der Waals surface area contributed by atoms with Gasteiger partial charge in [0.2, 0.25) is 0 Å². The molecule has 1 heterocycles. The van der Waals surface area contributed by atoms with Crippen molar-refractivity contribution in [2.75, 3.05) is 11.1 Å². The maximum atomic E-state index is 14.1. The number of nitrogens with zero attached hydrogens (tertiary/aromatic N) is 4. The fourth-order valence-corrected chi connectivity index (χ4v) is 2.67. The molecule has 0 spiro atoms. The van der Waals surface area contributed by atoms with E-state index in [1.807, 2.05) is 6.07 Å². The summed E-state index contributed by atoms with van der Waals surface area (Å²) in [4.78, 5) is 4.08. The maximum Gasteiger partial charge on any atom is 0.418 e. The van der Waals surface area contributed by atoms with Crippen LogP contribution in [-0.4, -0.2) is 4.98 Å². The van der Waals surface area contributed by atoms with Crippen LogP contribution in [0.1, 0.15) is 16.7 Å². The Balaban J connectivity index is 2.16. The van der Waals surface area contributed by atoms with Gasteiger partial charge in [-0.05, 0) is 31.2 Å². The lowest BCUT2D eigenvalue weighted by molar-refractivity contribution is -0.137. The average Bonchev–Trinajstić information content (AvgIpc) is 2.68. The number of pyridine rings is 1. The number of nitrogen functional groups attached to an aromatic ring is 1. The van der Waals surface area contributed by atoms with Crippen LogP contribution in [0.25, 0.3) is 0 Å². The molecule has 0 aliphatic carbocycles. The Bertz CT molecular complexity index is 1150. The molecule has 10 heteroatoms. The number of halogens is 4. The van der Waals surface area contributed by atoms with E-state index in [9.17, 15) is 22.8 Å². The zero-order valence-electron chi connectivity index (χ0n) is 15.5. The van der Waals surface area contributed by atoms with Gasteiger partial charge in [0.15, 0.2) is 11.6 Å². The molecule has 6 nitrogen and oxygen atoms in total.